The van der Waals surface area contributed by atoms with Crippen LogP contribution in [-0.4, -0.2) is 100 Å². The third-order valence-electron chi connectivity index (χ3n) is 8.10. The van der Waals surface area contributed by atoms with E-state index < -0.39 is 40.9 Å². The van der Waals surface area contributed by atoms with E-state index in [4.69, 9.17) is 76.3 Å². The molecule has 0 saturated heterocycles. The Hall–Kier alpha value is -4.39. The van der Waals surface area contributed by atoms with Gasteiger partial charge in [0.25, 0.3) is 5.91 Å². The molecule has 2 atom stereocenters. The number of nitro benzene ring substituents is 1. The zero-order chi connectivity index (χ0) is 50.1. The SMILES string of the molecule is C=CCN(CC=C)C(=O)C(Cl)Cl.CCOCN(C(=O)CCl)c1c(C)cccc1CC.CCOc1cc(Oc2ccc(C(F)(F)F)cc2Cl)ccc1[N+](=O)[O-].CP(=O)(O)CCC(N)C(=O)O. The molecule has 15 nitrogen and oxygen atoms in total. The van der Waals surface area contributed by atoms with Gasteiger partial charge in [0, 0.05) is 44.7 Å². The van der Waals surface area contributed by atoms with E-state index in [0.29, 0.717) is 19.7 Å². The number of carboxylic acids is 1. The van der Waals surface area contributed by atoms with Crippen LogP contribution in [0.15, 0.2) is 79.9 Å². The molecule has 2 unspecified atom stereocenters. The van der Waals surface area contributed by atoms with Crippen LogP contribution in [0.3, 0.4) is 0 Å². The van der Waals surface area contributed by atoms with Crippen LogP contribution < -0.4 is 20.1 Å². The van der Waals surface area contributed by atoms with Gasteiger partial charge in [-0.25, -0.2) is 0 Å². The molecule has 362 valence electrons. The number of para-hydroxylation sites is 1. The van der Waals surface area contributed by atoms with Crippen LogP contribution in [0.1, 0.15) is 43.9 Å². The first kappa shape index (κ1) is 60.6. The molecule has 0 aliphatic rings. The van der Waals surface area contributed by atoms with E-state index in [1.165, 1.54) is 29.8 Å². The molecule has 0 radical (unpaired) electrons. The molecule has 4 N–H and O–H groups in total. The van der Waals surface area contributed by atoms with E-state index in [1.807, 2.05) is 32.0 Å². The van der Waals surface area contributed by atoms with Gasteiger partial charge in [0.05, 0.1) is 27.8 Å². The number of amides is 2. The summed E-state index contributed by atoms with van der Waals surface area (Å²) in [7, 11) is -3.10. The molecule has 0 heterocycles. The lowest BCUT2D eigenvalue weighted by Crippen LogP contribution is -2.35. The Morgan fingerprint density at radius 1 is 1.02 bits per heavy atom. The first-order valence-corrected chi connectivity index (χ1v) is 23.5. The minimum Gasteiger partial charge on any atom is -0.487 e. The first-order chi connectivity index (χ1) is 30.3. The second-order valence-corrected chi connectivity index (χ2v) is 17.5. The number of aryl methyl sites for hydroxylation is 2. The maximum atomic E-state index is 12.6. The van der Waals surface area contributed by atoms with Crippen LogP contribution in [-0.2, 0) is 36.3 Å². The fourth-order valence-electron chi connectivity index (χ4n) is 4.98. The summed E-state index contributed by atoms with van der Waals surface area (Å²) in [6, 6.07) is 11.4. The van der Waals surface area contributed by atoms with Crippen LogP contribution in [0.5, 0.6) is 17.2 Å². The minimum absolute atomic E-state index is 0.0111. The van der Waals surface area contributed by atoms with Gasteiger partial charge >= 0.3 is 17.8 Å². The Morgan fingerprint density at radius 2 is 1.63 bits per heavy atom. The van der Waals surface area contributed by atoms with Gasteiger partial charge in [0.1, 0.15) is 30.2 Å². The minimum atomic E-state index is -4.52. The van der Waals surface area contributed by atoms with Crippen molar-refractivity contribution in [2.45, 2.75) is 57.6 Å². The molecule has 0 fully saturated rings. The summed E-state index contributed by atoms with van der Waals surface area (Å²) in [5.41, 5.74) is 7.07. The van der Waals surface area contributed by atoms with Gasteiger partial charge in [-0.15, -0.1) is 24.8 Å². The number of halogens is 7. The fourth-order valence-corrected chi connectivity index (χ4v) is 6.38. The van der Waals surface area contributed by atoms with Gasteiger partial charge < -0.3 is 34.8 Å². The number of carbonyl (C=O) groups is 3. The molecule has 2 amide bonds. The molecule has 3 aromatic carbocycles. The van der Waals surface area contributed by atoms with Crippen molar-refractivity contribution < 1.29 is 61.3 Å². The van der Waals surface area contributed by atoms with Crippen LogP contribution in [0, 0.1) is 17.0 Å². The Labute approximate surface area is 396 Å². The van der Waals surface area contributed by atoms with Gasteiger partial charge in [-0.2, -0.15) is 13.2 Å². The number of benzene rings is 3. The largest absolute Gasteiger partial charge is 0.487 e. The van der Waals surface area contributed by atoms with Gasteiger partial charge in [-0.3, -0.25) is 34.0 Å². The standard InChI is InChI=1S/C15H11ClF3NO4.C14H20ClNO2.C8H11Cl2NO.C5H12NO4P/c1-2-23-14-8-10(4-5-12(14)20(21)22)24-13-6-3-9(7-11(13)16)15(17,18)19;1-4-12-8-6-7-11(3)14(12)16(10-18-5-2)13(17)9-15;1-3-5-11(6-4-2)8(12)7(9)10;1-11(9,10)3-2-4(6)5(7)8/h3-8H,2H2,1H3;6-8H,4-5,9-10H2,1-3H3;3-4,7H,1-2,5-6H2;4H,2-3,6H2,1H3,(H,7,8)(H,9,10). The number of carbonyl (C=O) groups excluding carboxylic acids is 2. The number of nitrogens with zero attached hydrogens (tertiary/aromatic N) is 3. The van der Waals surface area contributed by atoms with Crippen molar-refractivity contribution in [1.29, 1.82) is 0 Å². The Kier molecular flexibility index (Phi) is 28.7. The van der Waals surface area contributed by atoms with Crippen LogP contribution in [0.4, 0.5) is 24.5 Å². The topological polar surface area (TPSA) is 212 Å². The summed E-state index contributed by atoms with van der Waals surface area (Å²) in [5.74, 6) is -1.51. The molecule has 0 saturated carbocycles. The number of hydrogen-bond donors (Lipinski definition) is 3. The molecule has 65 heavy (non-hydrogen) atoms. The monoisotopic (exact) mass is 1020 g/mol. The number of anilines is 1. The van der Waals surface area contributed by atoms with Crippen LogP contribution >= 0.6 is 53.8 Å². The second kappa shape index (κ2) is 30.7. The van der Waals surface area contributed by atoms with E-state index in [2.05, 4.69) is 20.1 Å². The first-order valence-electron chi connectivity index (χ1n) is 19.4. The van der Waals surface area contributed by atoms with Crippen LogP contribution in [0.25, 0.3) is 0 Å². The number of nitro groups is 1. The molecule has 0 spiro atoms. The predicted molar refractivity (Wildman–Crippen MR) is 249 cm³/mol. The summed E-state index contributed by atoms with van der Waals surface area (Å²) in [6.07, 6.45) is -0.429. The molecule has 3 rings (SSSR count). The Bertz CT molecular complexity index is 2070. The average Bonchev–Trinajstić information content (AvgIpc) is 3.23. The maximum absolute atomic E-state index is 12.6. The third-order valence-corrected chi connectivity index (χ3v) is 10.1. The van der Waals surface area contributed by atoms with Gasteiger partial charge in [0.15, 0.2) is 12.2 Å². The number of aliphatic carboxylic acids is 1. The Balaban J connectivity index is 0.000000887. The molecule has 3 aromatic rings. The lowest BCUT2D eigenvalue weighted by atomic mass is 10.0. The highest BCUT2D eigenvalue weighted by Crippen LogP contribution is 2.39. The number of nitrogens with two attached hydrogens (primary N) is 1. The number of carboxylic acid groups (broad SMARTS) is 1. The fraction of sp³-hybridized carbons (Fsp3) is 0.405. The Morgan fingerprint density at radius 3 is 2.08 bits per heavy atom. The van der Waals surface area contributed by atoms with Crippen molar-refractivity contribution >= 4 is 82.9 Å². The lowest BCUT2D eigenvalue weighted by molar-refractivity contribution is -0.385. The van der Waals surface area contributed by atoms with Crippen molar-refractivity contribution in [3.63, 3.8) is 0 Å². The quantitative estimate of drug-likeness (QED) is 0.0241. The average molecular weight is 1020 g/mol. The summed E-state index contributed by atoms with van der Waals surface area (Å²) >= 11 is 22.3. The van der Waals surface area contributed by atoms with Gasteiger partial charge in [-0.1, -0.05) is 72.1 Å². The molecule has 0 bridgehead atoms. The predicted octanol–water partition coefficient (Wildman–Crippen LogP) is 10.3. The van der Waals surface area contributed by atoms with Gasteiger partial charge in [-0.05, 0) is 69.0 Å². The van der Waals surface area contributed by atoms with Crippen molar-refractivity contribution in [3.05, 3.63) is 112 Å². The molecule has 0 aromatic heterocycles. The van der Waals surface area contributed by atoms with Gasteiger partial charge in [0.2, 0.25) is 11.7 Å². The summed E-state index contributed by atoms with van der Waals surface area (Å²) in [6.45, 7) is 17.7. The summed E-state index contributed by atoms with van der Waals surface area (Å²) in [4.78, 5) is 54.4. The number of hydrogen-bond acceptors (Lipinski definition) is 10. The molecule has 23 heteroatoms. The smallest absolute Gasteiger partial charge is 0.416 e. The summed E-state index contributed by atoms with van der Waals surface area (Å²) in [5, 5.41) is 19.0. The van der Waals surface area contributed by atoms with Crippen molar-refractivity contribution in [2.75, 3.05) is 56.6 Å². The van der Waals surface area contributed by atoms with E-state index >= 15 is 0 Å². The zero-order valence-corrected chi connectivity index (χ0v) is 40.3. The zero-order valence-electron chi connectivity index (χ0n) is 36.4. The van der Waals surface area contributed by atoms with Crippen molar-refractivity contribution in [1.82, 2.24) is 4.90 Å². The second-order valence-electron chi connectivity index (χ2n) is 13.2. The van der Waals surface area contributed by atoms with Crippen molar-refractivity contribution in [2.24, 2.45) is 5.73 Å². The highest BCUT2D eigenvalue weighted by atomic mass is 35.5. The highest BCUT2D eigenvalue weighted by molar-refractivity contribution is 7.57. The number of ether oxygens (including phenoxy) is 3. The lowest BCUT2D eigenvalue weighted by Gasteiger charge is -2.25. The number of alkyl halides is 6. The summed E-state index contributed by atoms with van der Waals surface area (Å²) < 4.78 is 64.4. The molecule has 0 aliphatic heterocycles. The normalized spacial score (nSPS) is 12.0. The maximum Gasteiger partial charge on any atom is 0.416 e. The molecular formula is C42H54Cl4F3N4O11P. The number of rotatable bonds is 20. The highest BCUT2D eigenvalue weighted by Gasteiger charge is 2.31. The van der Waals surface area contributed by atoms with Crippen molar-refractivity contribution in [3.8, 4) is 17.2 Å². The van der Waals surface area contributed by atoms with E-state index in [1.54, 1.807) is 24.0 Å². The van der Waals surface area contributed by atoms with E-state index in [-0.39, 0.29) is 71.6 Å². The van der Waals surface area contributed by atoms with E-state index in [9.17, 15) is 42.2 Å². The van der Waals surface area contributed by atoms with Crippen LogP contribution in [0.2, 0.25) is 5.02 Å². The molecule has 0 aliphatic carbocycles. The third kappa shape index (κ3) is 23.1. The molecular weight excluding hydrogens is 966 g/mol. The van der Waals surface area contributed by atoms with E-state index in [0.717, 1.165) is 41.4 Å².